The van der Waals surface area contributed by atoms with Crippen molar-refractivity contribution in [2.24, 2.45) is 0 Å². The van der Waals surface area contributed by atoms with E-state index >= 15 is 0 Å². The maximum Gasteiger partial charge on any atom is 0.0434 e. The third-order valence-corrected chi connectivity index (χ3v) is 2.59. The van der Waals surface area contributed by atoms with E-state index in [0.29, 0.717) is 0 Å². The Labute approximate surface area is 85.5 Å². The molecule has 66 valence electrons. The number of rotatable bonds is 3. The molecule has 0 aliphatic rings. The van der Waals surface area contributed by atoms with Gasteiger partial charge in [0.05, 0.1) is 0 Å². The number of benzene rings is 1. The fourth-order valence-electron chi connectivity index (χ4n) is 0.994. The molecule has 0 saturated carbocycles. The Morgan fingerprint density at radius 2 is 2.17 bits per heavy atom. The second-order valence-corrected chi connectivity index (χ2v) is 3.85. The summed E-state index contributed by atoms with van der Waals surface area (Å²) in [5.74, 6) is 0. The molecule has 0 heterocycles. The van der Waals surface area contributed by atoms with Crippen molar-refractivity contribution in [3.8, 4) is 0 Å². The van der Waals surface area contributed by atoms with Crippen LogP contribution in [0.2, 0.25) is 5.02 Å². The van der Waals surface area contributed by atoms with Crippen LogP contribution in [-0.2, 0) is 6.42 Å². The van der Waals surface area contributed by atoms with Crippen LogP contribution in [0.1, 0.15) is 12.0 Å². The molecule has 0 spiro atoms. The molecule has 0 aromatic heterocycles. The van der Waals surface area contributed by atoms with Gasteiger partial charge in [0.1, 0.15) is 0 Å². The third-order valence-electron chi connectivity index (χ3n) is 1.62. The number of hydrogen-bond donors (Lipinski definition) is 1. The number of aliphatic hydroxyl groups is 1. The predicted molar refractivity (Wildman–Crippen MR) is 54.6 cm³/mol. The lowest BCUT2D eigenvalue weighted by molar-refractivity contribution is 0.288. The molecule has 0 aliphatic carbocycles. The van der Waals surface area contributed by atoms with Crippen LogP contribution < -0.4 is 0 Å². The Morgan fingerprint density at radius 1 is 1.42 bits per heavy atom. The highest BCUT2D eigenvalue weighted by Crippen LogP contribution is 2.22. The molecule has 1 aromatic carbocycles. The van der Waals surface area contributed by atoms with Crippen LogP contribution >= 0.6 is 27.5 Å². The highest BCUT2D eigenvalue weighted by atomic mass is 79.9. The van der Waals surface area contributed by atoms with E-state index in [-0.39, 0.29) is 6.61 Å². The lowest BCUT2D eigenvalue weighted by Gasteiger charge is -2.02. The van der Waals surface area contributed by atoms with Gasteiger partial charge in [0.25, 0.3) is 0 Å². The molecule has 0 aliphatic heterocycles. The highest BCUT2D eigenvalue weighted by Gasteiger charge is 1.99. The van der Waals surface area contributed by atoms with E-state index in [1.165, 1.54) is 5.56 Å². The van der Waals surface area contributed by atoms with Gasteiger partial charge >= 0.3 is 0 Å². The first-order chi connectivity index (χ1) is 5.74. The predicted octanol–water partition coefficient (Wildman–Crippen LogP) is 3.03. The molecular weight excluding hydrogens is 239 g/mol. The molecule has 0 atom stereocenters. The molecule has 1 aromatic rings. The number of hydrogen-bond acceptors (Lipinski definition) is 1. The Hall–Kier alpha value is -0.0500. The van der Waals surface area contributed by atoms with Crippen molar-refractivity contribution in [3.63, 3.8) is 0 Å². The zero-order valence-electron chi connectivity index (χ0n) is 6.56. The van der Waals surface area contributed by atoms with Gasteiger partial charge in [-0.2, -0.15) is 0 Å². The standard InChI is InChI=1S/C9H10BrClO/c10-9-6-8(11)4-3-7(9)2-1-5-12/h3-4,6,12H,1-2,5H2. The number of aryl methyl sites for hydroxylation is 1. The number of halogens is 2. The van der Waals surface area contributed by atoms with Crippen molar-refractivity contribution >= 4 is 27.5 Å². The van der Waals surface area contributed by atoms with Gasteiger partial charge in [0.2, 0.25) is 0 Å². The minimum atomic E-state index is 0.231. The average Bonchev–Trinajstić information content (AvgIpc) is 2.03. The van der Waals surface area contributed by atoms with E-state index in [1.54, 1.807) is 0 Å². The van der Waals surface area contributed by atoms with Gasteiger partial charge in [0, 0.05) is 16.1 Å². The van der Waals surface area contributed by atoms with E-state index in [0.717, 1.165) is 22.3 Å². The van der Waals surface area contributed by atoms with Crippen molar-refractivity contribution in [1.82, 2.24) is 0 Å². The van der Waals surface area contributed by atoms with E-state index in [9.17, 15) is 0 Å². The fraction of sp³-hybridized carbons (Fsp3) is 0.333. The molecule has 0 bridgehead atoms. The third kappa shape index (κ3) is 2.77. The molecule has 0 saturated heterocycles. The molecule has 1 N–H and O–H groups in total. The van der Waals surface area contributed by atoms with Crippen LogP contribution in [0.4, 0.5) is 0 Å². The summed E-state index contributed by atoms with van der Waals surface area (Å²) in [6.07, 6.45) is 1.68. The minimum Gasteiger partial charge on any atom is -0.396 e. The largest absolute Gasteiger partial charge is 0.396 e. The fourth-order valence-corrected chi connectivity index (χ4v) is 1.87. The van der Waals surface area contributed by atoms with Crippen LogP contribution in [0.5, 0.6) is 0 Å². The molecular formula is C9H10BrClO. The molecule has 1 rings (SSSR count). The van der Waals surface area contributed by atoms with Crippen LogP contribution in [-0.4, -0.2) is 11.7 Å². The second kappa shape index (κ2) is 4.85. The minimum absolute atomic E-state index is 0.231. The lowest BCUT2D eigenvalue weighted by Crippen LogP contribution is -1.90. The van der Waals surface area contributed by atoms with E-state index in [2.05, 4.69) is 15.9 Å². The normalized spacial score (nSPS) is 10.2. The van der Waals surface area contributed by atoms with Gasteiger partial charge in [-0.1, -0.05) is 33.6 Å². The summed E-state index contributed by atoms with van der Waals surface area (Å²) in [4.78, 5) is 0. The Balaban J connectivity index is 2.72. The first-order valence-electron chi connectivity index (χ1n) is 3.79. The van der Waals surface area contributed by atoms with Gasteiger partial charge in [0.15, 0.2) is 0 Å². The molecule has 12 heavy (non-hydrogen) atoms. The second-order valence-electron chi connectivity index (χ2n) is 2.56. The van der Waals surface area contributed by atoms with Crippen LogP contribution in [0.3, 0.4) is 0 Å². The van der Waals surface area contributed by atoms with Gasteiger partial charge in [-0.25, -0.2) is 0 Å². The maximum atomic E-state index is 8.63. The molecule has 0 fully saturated rings. The van der Waals surface area contributed by atoms with Crippen molar-refractivity contribution in [3.05, 3.63) is 33.3 Å². The van der Waals surface area contributed by atoms with Crippen molar-refractivity contribution < 1.29 is 5.11 Å². The Bertz CT molecular complexity index is 263. The summed E-state index contributed by atoms with van der Waals surface area (Å²) < 4.78 is 1.02. The first-order valence-corrected chi connectivity index (χ1v) is 4.96. The van der Waals surface area contributed by atoms with Gasteiger partial charge in [-0.3, -0.25) is 0 Å². The van der Waals surface area contributed by atoms with Crippen molar-refractivity contribution in [2.45, 2.75) is 12.8 Å². The summed E-state index contributed by atoms with van der Waals surface area (Å²) in [7, 11) is 0. The monoisotopic (exact) mass is 248 g/mol. The van der Waals surface area contributed by atoms with Gasteiger partial charge in [-0.15, -0.1) is 0 Å². The van der Waals surface area contributed by atoms with Crippen molar-refractivity contribution in [1.29, 1.82) is 0 Å². The van der Waals surface area contributed by atoms with Crippen LogP contribution in [0, 0.1) is 0 Å². The SMILES string of the molecule is OCCCc1ccc(Cl)cc1Br. The topological polar surface area (TPSA) is 20.2 Å². The summed E-state index contributed by atoms with van der Waals surface area (Å²) in [5.41, 5.74) is 1.19. The maximum absolute atomic E-state index is 8.63. The summed E-state index contributed by atoms with van der Waals surface area (Å²) in [5, 5.41) is 9.36. The summed E-state index contributed by atoms with van der Waals surface area (Å²) in [6.45, 7) is 0.231. The molecule has 1 nitrogen and oxygen atoms in total. The van der Waals surface area contributed by atoms with E-state index in [1.807, 2.05) is 18.2 Å². The zero-order valence-corrected chi connectivity index (χ0v) is 8.90. The lowest BCUT2D eigenvalue weighted by atomic mass is 10.1. The van der Waals surface area contributed by atoms with Crippen LogP contribution in [0.25, 0.3) is 0 Å². The van der Waals surface area contributed by atoms with E-state index < -0.39 is 0 Å². The van der Waals surface area contributed by atoms with Gasteiger partial charge in [-0.05, 0) is 30.5 Å². The molecule has 0 radical (unpaired) electrons. The summed E-state index contributed by atoms with van der Waals surface area (Å²) >= 11 is 9.18. The van der Waals surface area contributed by atoms with Crippen LogP contribution in [0.15, 0.2) is 22.7 Å². The zero-order chi connectivity index (χ0) is 8.97. The summed E-state index contributed by atoms with van der Waals surface area (Å²) in [6, 6.07) is 5.70. The van der Waals surface area contributed by atoms with Gasteiger partial charge < -0.3 is 5.11 Å². The smallest absolute Gasteiger partial charge is 0.0434 e. The number of aliphatic hydroxyl groups excluding tert-OH is 1. The van der Waals surface area contributed by atoms with Crippen molar-refractivity contribution in [2.75, 3.05) is 6.61 Å². The average molecular weight is 250 g/mol. The quantitative estimate of drug-likeness (QED) is 0.873. The highest BCUT2D eigenvalue weighted by molar-refractivity contribution is 9.10. The molecule has 3 heteroatoms. The first kappa shape index (κ1) is 10.0. The molecule has 0 unspecified atom stereocenters. The Morgan fingerprint density at radius 3 is 2.75 bits per heavy atom. The van der Waals surface area contributed by atoms with E-state index in [4.69, 9.17) is 16.7 Å². The Kier molecular flexibility index (Phi) is 4.06. The molecule has 0 amide bonds.